The van der Waals surface area contributed by atoms with Gasteiger partial charge in [0.25, 0.3) is 0 Å². The van der Waals surface area contributed by atoms with Crippen molar-refractivity contribution < 1.29 is 0 Å². The summed E-state index contributed by atoms with van der Waals surface area (Å²) in [6, 6.07) is 27.5. The van der Waals surface area contributed by atoms with E-state index >= 15 is 0 Å². The fourth-order valence-electron chi connectivity index (χ4n) is 6.04. The highest BCUT2D eigenvalue weighted by Gasteiger charge is 2.35. The summed E-state index contributed by atoms with van der Waals surface area (Å²) in [7, 11) is -0.425. The van der Waals surface area contributed by atoms with E-state index < -0.39 is 0 Å². The van der Waals surface area contributed by atoms with E-state index in [4.69, 9.17) is 0 Å². The number of hydrogen-bond donors (Lipinski definition) is 0. The van der Waals surface area contributed by atoms with Gasteiger partial charge in [0.05, 0.1) is 0 Å². The quantitative estimate of drug-likeness (QED) is 0.270. The molecule has 0 heterocycles. The topological polar surface area (TPSA) is 0 Å². The molecule has 0 aliphatic heterocycles. The Labute approximate surface area is 237 Å². The van der Waals surface area contributed by atoms with E-state index in [1.54, 1.807) is 0 Å². The third-order valence-electron chi connectivity index (χ3n) is 7.42. The van der Waals surface area contributed by atoms with Crippen LogP contribution in [0.4, 0.5) is 0 Å². The summed E-state index contributed by atoms with van der Waals surface area (Å²) < 4.78 is 0. The van der Waals surface area contributed by atoms with Crippen LogP contribution in [0.5, 0.6) is 0 Å². The SMILES string of the molecule is CC(C)(C)P(Cc1ccccc1-c1cccc(-c2ccccc2CP(C(C)(C)C)C(C)(C)C)c1)C(C)(C)C. The maximum absolute atomic E-state index is 2.44. The van der Waals surface area contributed by atoms with Crippen molar-refractivity contribution in [2.75, 3.05) is 0 Å². The summed E-state index contributed by atoms with van der Waals surface area (Å²) in [6.45, 7) is 29.1. The first kappa shape index (κ1) is 31.1. The van der Waals surface area contributed by atoms with Gasteiger partial charge in [-0.05, 0) is 72.4 Å². The molecule has 0 aliphatic rings. The van der Waals surface area contributed by atoms with Crippen molar-refractivity contribution in [2.45, 2.75) is 116 Å². The zero-order valence-electron chi connectivity index (χ0n) is 26.2. The predicted octanol–water partition coefficient (Wildman–Crippen LogP) is 12.2. The molecule has 3 aromatic carbocycles. The molecule has 0 amide bonds. The van der Waals surface area contributed by atoms with Crippen LogP contribution >= 0.6 is 15.8 Å². The molecule has 206 valence electrons. The Bertz CT molecular complexity index is 1090. The Morgan fingerprint density at radius 1 is 0.421 bits per heavy atom. The predicted molar refractivity (Wildman–Crippen MR) is 178 cm³/mol. The Morgan fingerprint density at radius 2 is 0.737 bits per heavy atom. The van der Waals surface area contributed by atoms with Crippen LogP contribution in [0.15, 0.2) is 72.8 Å². The van der Waals surface area contributed by atoms with Crippen molar-refractivity contribution in [3.63, 3.8) is 0 Å². The molecule has 0 nitrogen and oxygen atoms in total. The molecule has 0 radical (unpaired) electrons. The second-order valence-electron chi connectivity index (χ2n) is 14.8. The molecule has 0 unspecified atom stereocenters. The molecule has 0 atom stereocenters. The zero-order chi connectivity index (χ0) is 28.5. The minimum Gasteiger partial charge on any atom is -0.0911 e. The molecule has 2 heteroatoms. The molecule has 0 saturated heterocycles. The van der Waals surface area contributed by atoms with Crippen molar-refractivity contribution in [3.8, 4) is 22.3 Å². The smallest absolute Gasteiger partial charge is 0.00575 e. The Balaban J connectivity index is 2.05. The summed E-state index contributed by atoms with van der Waals surface area (Å²) in [6.07, 6.45) is 2.31. The summed E-state index contributed by atoms with van der Waals surface area (Å²) in [4.78, 5) is 0. The molecule has 0 aliphatic carbocycles. The van der Waals surface area contributed by atoms with Gasteiger partial charge >= 0.3 is 0 Å². The summed E-state index contributed by atoms with van der Waals surface area (Å²) >= 11 is 0. The molecule has 3 rings (SSSR count). The maximum Gasteiger partial charge on any atom is -0.00575 e. The van der Waals surface area contributed by atoms with Crippen molar-refractivity contribution in [1.29, 1.82) is 0 Å². The third-order valence-corrected chi connectivity index (χ3v) is 15.2. The highest BCUT2D eigenvalue weighted by molar-refractivity contribution is 7.60. The van der Waals surface area contributed by atoms with Crippen molar-refractivity contribution in [3.05, 3.63) is 83.9 Å². The van der Waals surface area contributed by atoms with Gasteiger partial charge in [0, 0.05) is 0 Å². The number of benzene rings is 3. The van der Waals surface area contributed by atoms with Crippen LogP contribution in [-0.2, 0) is 12.3 Å². The van der Waals surface area contributed by atoms with E-state index in [0.29, 0.717) is 20.6 Å². The van der Waals surface area contributed by atoms with Crippen LogP contribution < -0.4 is 0 Å². The average Bonchev–Trinajstić information content (AvgIpc) is 2.78. The Morgan fingerprint density at radius 3 is 1.05 bits per heavy atom. The molecule has 0 aromatic heterocycles. The van der Waals surface area contributed by atoms with Crippen LogP contribution in [-0.4, -0.2) is 20.6 Å². The van der Waals surface area contributed by atoms with Crippen LogP contribution in [0.3, 0.4) is 0 Å². The lowest BCUT2D eigenvalue weighted by molar-refractivity contribution is 0.702. The maximum atomic E-state index is 2.44. The first-order chi connectivity index (χ1) is 17.4. The number of hydrogen-bond acceptors (Lipinski definition) is 0. The Kier molecular flexibility index (Phi) is 9.44. The van der Waals surface area contributed by atoms with E-state index in [9.17, 15) is 0 Å². The monoisotopic (exact) mass is 546 g/mol. The highest BCUT2D eigenvalue weighted by Crippen LogP contribution is 2.62. The van der Waals surface area contributed by atoms with E-state index in [0.717, 1.165) is 12.3 Å². The molecule has 0 bridgehead atoms. The average molecular weight is 547 g/mol. The van der Waals surface area contributed by atoms with Crippen LogP contribution in [0.2, 0.25) is 0 Å². The van der Waals surface area contributed by atoms with E-state index in [1.807, 2.05) is 0 Å². The van der Waals surface area contributed by atoms with E-state index in [1.165, 1.54) is 33.4 Å². The largest absolute Gasteiger partial charge is 0.0911 e. The van der Waals surface area contributed by atoms with Crippen LogP contribution in [0, 0.1) is 0 Å². The fraction of sp³-hybridized carbons (Fsp3) is 0.500. The van der Waals surface area contributed by atoms with Gasteiger partial charge in [0.15, 0.2) is 0 Å². The molecular weight excluding hydrogens is 494 g/mol. The normalized spacial score (nSPS) is 13.4. The van der Waals surface area contributed by atoms with Gasteiger partial charge in [-0.1, -0.05) is 166 Å². The second-order valence-corrected chi connectivity index (χ2v) is 22.5. The van der Waals surface area contributed by atoms with Gasteiger partial charge in [0.1, 0.15) is 0 Å². The minimum absolute atomic E-state index is 0.213. The summed E-state index contributed by atoms with van der Waals surface area (Å²) in [5.41, 5.74) is 8.41. The summed E-state index contributed by atoms with van der Waals surface area (Å²) in [5.74, 6) is 0. The molecule has 38 heavy (non-hydrogen) atoms. The lowest BCUT2D eigenvalue weighted by Crippen LogP contribution is -2.26. The third kappa shape index (κ3) is 7.80. The van der Waals surface area contributed by atoms with Gasteiger partial charge in [-0.3, -0.25) is 0 Å². The first-order valence-corrected chi connectivity index (χ1v) is 17.3. The molecule has 0 N–H and O–H groups in total. The van der Waals surface area contributed by atoms with Crippen molar-refractivity contribution in [1.82, 2.24) is 0 Å². The van der Waals surface area contributed by atoms with Gasteiger partial charge in [0.2, 0.25) is 0 Å². The molecule has 3 aromatic rings. The van der Waals surface area contributed by atoms with Crippen LogP contribution in [0.1, 0.15) is 94.2 Å². The van der Waals surface area contributed by atoms with E-state index in [2.05, 4.69) is 156 Å². The lowest BCUT2D eigenvalue weighted by Gasteiger charge is -2.42. The Hall–Kier alpha value is -1.48. The van der Waals surface area contributed by atoms with Gasteiger partial charge < -0.3 is 0 Å². The van der Waals surface area contributed by atoms with Crippen molar-refractivity contribution in [2.24, 2.45) is 0 Å². The standard InChI is InChI=1S/C36H52P2/c1-33(2,3)37(34(4,5)6)25-29-18-13-15-22-31(29)27-20-17-21-28(24-27)32-23-16-14-19-30(32)26-38(35(7,8)9)36(10,11)12/h13-24H,25-26H2,1-12H3. The fourth-order valence-corrected chi connectivity index (χ4v) is 13.2. The van der Waals surface area contributed by atoms with E-state index in [-0.39, 0.29) is 15.8 Å². The molecule has 0 spiro atoms. The number of rotatable bonds is 6. The second kappa shape index (κ2) is 11.6. The first-order valence-electron chi connectivity index (χ1n) is 14.2. The highest BCUT2D eigenvalue weighted by atomic mass is 31.1. The minimum atomic E-state index is -0.213. The van der Waals surface area contributed by atoms with Crippen LogP contribution in [0.25, 0.3) is 22.3 Å². The van der Waals surface area contributed by atoms with Crippen molar-refractivity contribution >= 4 is 15.8 Å². The molecule has 0 saturated carbocycles. The van der Waals surface area contributed by atoms with Gasteiger partial charge in [-0.2, -0.15) is 0 Å². The summed E-state index contributed by atoms with van der Waals surface area (Å²) in [5, 5.41) is 1.22. The molecular formula is C36H52P2. The molecule has 0 fully saturated rings. The lowest BCUT2D eigenvalue weighted by atomic mass is 9.95. The van der Waals surface area contributed by atoms with Gasteiger partial charge in [-0.15, -0.1) is 0 Å². The van der Waals surface area contributed by atoms with Gasteiger partial charge in [-0.25, -0.2) is 0 Å². The zero-order valence-corrected chi connectivity index (χ0v) is 28.0.